The van der Waals surface area contributed by atoms with Crippen molar-refractivity contribution in [1.82, 2.24) is 0 Å². The number of anilines is 1. The lowest BCUT2D eigenvalue weighted by molar-refractivity contribution is 0.489. The monoisotopic (exact) mass is 337 g/mol. The van der Waals surface area contributed by atoms with Gasteiger partial charge in [-0.1, -0.05) is 59.1 Å². The van der Waals surface area contributed by atoms with Crippen LogP contribution in [-0.2, 0) is 0 Å². The van der Waals surface area contributed by atoms with E-state index in [1.807, 2.05) is 24.3 Å². The smallest absolute Gasteiger partial charge is 0.154 e. The first-order valence-electron chi connectivity index (χ1n) is 6.16. The van der Waals surface area contributed by atoms with E-state index in [0.29, 0.717) is 32.3 Å². The van der Waals surface area contributed by atoms with E-state index in [-0.39, 0.29) is 0 Å². The average molecular weight is 339 g/mol. The van der Waals surface area contributed by atoms with E-state index in [2.05, 4.69) is 0 Å². The second-order valence-electron chi connectivity index (χ2n) is 4.51. The highest BCUT2D eigenvalue weighted by molar-refractivity contribution is 6.40. The standard InChI is InChI=1S/C16H10Cl3NO/c17-12-8-14(19)16(11-4-2-1-3-10(11)12)21-15-6-5-9(20)7-13(15)18/h1-8H,20H2. The van der Waals surface area contributed by atoms with Crippen molar-refractivity contribution >= 4 is 51.3 Å². The fraction of sp³-hybridized carbons (Fsp3) is 0. The molecule has 2 N–H and O–H groups in total. The Labute approximate surface area is 137 Å². The van der Waals surface area contributed by atoms with Gasteiger partial charge in [-0.05, 0) is 24.3 Å². The minimum absolute atomic E-state index is 0.421. The van der Waals surface area contributed by atoms with E-state index in [4.69, 9.17) is 45.3 Å². The van der Waals surface area contributed by atoms with E-state index in [1.54, 1.807) is 24.3 Å². The van der Waals surface area contributed by atoms with Crippen LogP contribution in [0.4, 0.5) is 5.69 Å². The Morgan fingerprint density at radius 1 is 0.762 bits per heavy atom. The lowest BCUT2D eigenvalue weighted by Gasteiger charge is -2.13. The molecule has 0 bridgehead atoms. The minimum atomic E-state index is 0.421. The van der Waals surface area contributed by atoms with E-state index >= 15 is 0 Å². The van der Waals surface area contributed by atoms with Gasteiger partial charge in [-0.25, -0.2) is 0 Å². The van der Waals surface area contributed by atoms with Crippen LogP contribution in [0.15, 0.2) is 48.5 Å². The molecule has 0 aliphatic carbocycles. The average Bonchev–Trinajstić information content (AvgIpc) is 2.45. The summed E-state index contributed by atoms with van der Waals surface area (Å²) in [6, 6.07) is 14.3. The maximum absolute atomic E-state index is 6.26. The molecular formula is C16H10Cl3NO. The quantitative estimate of drug-likeness (QED) is 0.567. The number of halogens is 3. The number of nitrogen functional groups attached to an aromatic ring is 1. The van der Waals surface area contributed by atoms with Gasteiger partial charge in [-0.2, -0.15) is 0 Å². The SMILES string of the molecule is Nc1ccc(Oc2c(Cl)cc(Cl)c3ccccc23)c(Cl)c1. The highest BCUT2D eigenvalue weighted by atomic mass is 35.5. The van der Waals surface area contributed by atoms with Crippen molar-refractivity contribution in [3.8, 4) is 11.5 Å². The molecule has 106 valence electrons. The van der Waals surface area contributed by atoms with E-state index < -0.39 is 0 Å². The number of rotatable bonds is 2. The summed E-state index contributed by atoms with van der Waals surface area (Å²) in [5.41, 5.74) is 6.25. The molecule has 0 aromatic heterocycles. The highest BCUT2D eigenvalue weighted by Gasteiger charge is 2.13. The van der Waals surface area contributed by atoms with Gasteiger partial charge in [0.1, 0.15) is 5.75 Å². The van der Waals surface area contributed by atoms with Gasteiger partial charge < -0.3 is 10.5 Å². The van der Waals surface area contributed by atoms with Crippen molar-refractivity contribution in [1.29, 1.82) is 0 Å². The van der Waals surface area contributed by atoms with Gasteiger partial charge in [0, 0.05) is 16.5 Å². The Kier molecular flexibility index (Phi) is 3.85. The van der Waals surface area contributed by atoms with Gasteiger partial charge in [0.2, 0.25) is 0 Å². The van der Waals surface area contributed by atoms with Crippen molar-refractivity contribution in [3.63, 3.8) is 0 Å². The zero-order valence-electron chi connectivity index (χ0n) is 10.7. The van der Waals surface area contributed by atoms with Crippen molar-refractivity contribution < 1.29 is 4.74 Å². The topological polar surface area (TPSA) is 35.2 Å². The second-order valence-corrected chi connectivity index (χ2v) is 5.73. The van der Waals surface area contributed by atoms with Crippen LogP contribution in [0.25, 0.3) is 10.8 Å². The molecular weight excluding hydrogens is 329 g/mol. The molecule has 2 nitrogen and oxygen atoms in total. The highest BCUT2D eigenvalue weighted by Crippen LogP contribution is 2.42. The number of ether oxygens (including phenoxy) is 1. The third-order valence-corrected chi connectivity index (χ3v) is 3.96. The number of nitrogens with two attached hydrogens (primary N) is 1. The first-order chi connectivity index (χ1) is 10.1. The van der Waals surface area contributed by atoms with Gasteiger partial charge in [-0.15, -0.1) is 0 Å². The molecule has 21 heavy (non-hydrogen) atoms. The number of hydrogen-bond donors (Lipinski definition) is 1. The first-order valence-corrected chi connectivity index (χ1v) is 7.29. The molecule has 0 unspecified atom stereocenters. The third kappa shape index (κ3) is 2.75. The predicted octanol–water partition coefficient (Wildman–Crippen LogP) is 6.17. The molecule has 0 atom stereocenters. The summed E-state index contributed by atoms with van der Waals surface area (Å²) in [5, 5.41) is 3.11. The predicted molar refractivity (Wildman–Crippen MR) is 89.9 cm³/mol. The van der Waals surface area contributed by atoms with Gasteiger partial charge in [-0.3, -0.25) is 0 Å². The minimum Gasteiger partial charge on any atom is -0.454 e. The van der Waals surface area contributed by atoms with Crippen LogP contribution >= 0.6 is 34.8 Å². The Morgan fingerprint density at radius 2 is 1.48 bits per heavy atom. The molecule has 5 heteroatoms. The van der Waals surface area contributed by atoms with Crippen LogP contribution in [0.5, 0.6) is 11.5 Å². The van der Waals surface area contributed by atoms with Crippen LogP contribution in [-0.4, -0.2) is 0 Å². The summed E-state index contributed by atoms with van der Waals surface area (Å²) >= 11 is 18.6. The molecule has 0 amide bonds. The molecule has 3 rings (SSSR count). The lowest BCUT2D eigenvalue weighted by atomic mass is 10.1. The Hall–Kier alpha value is -1.61. The Morgan fingerprint density at radius 3 is 2.19 bits per heavy atom. The third-order valence-electron chi connectivity index (χ3n) is 3.07. The van der Waals surface area contributed by atoms with E-state index in [9.17, 15) is 0 Å². The molecule has 0 spiro atoms. The fourth-order valence-corrected chi connectivity index (χ4v) is 2.89. The zero-order chi connectivity index (χ0) is 15.0. The van der Waals surface area contributed by atoms with Gasteiger partial charge in [0.15, 0.2) is 5.75 Å². The molecule has 0 radical (unpaired) electrons. The van der Waals surface area contributed by atoms with Crippen LogP contribution < -0.4 is 10.5 Å². The fourth-order valence-electron chi connectivity index (χ4n) is 2.09. The molecule has 0 saturated heterocycles. The van der Waals surface area contributed by atoms with Crippen molar-refractivity contribution in [3.05, 3.63) is 63.6 Å². The molecule has 0 fully saturated rings. The Bertz CT molecular complexity index is 833. The summed E-state index contributed by atoms with van der Waals surface area (Å²) in [6.07, 6.45) is 0. The zero-order valence-corrected chi connectivity index (χ0v) is 13.0. The van der Waals surface area contributed by atoms with Crippen LogP contribution in [0.1, 0.15) is 0 Å². The largest absolute Gasteiger partial charge is 0.454 e. The van der Waals surface area contributed by atoms with Gasteiger partial charge >= 0.3 is 0 Å². The molecule has 0 aliphatic rings. The van der Waals surface area contributed by atoms with Gasteiger partial charge in [0.05, 0.1) is 15.1 Å². The Balaban J connectivity index is 2.16. The summed E-state index contributed by atoms with van der Waals surface area (Å²) < 4.78 is 5.89. The summed E-state index contributed by atoms with van der Waals surface area (Å²) in [5.74, 6) is 1.00. The number of fused-ring (bicyclic) bond motifs is 1. The molecule has 3 aromatic rings. The summed E-state index contributed by atoms with van der Waals surface area (Å²) in [4.78, 5) is 0. The lowest BCUT2D eigenvalue weighted by Crippen LogP contribution is -1.91. The maximum atomic E-state index is 6.26. The molecule has 0 heterocycles. The van der Waals surface area contributed by atoms with Crippen molar-refractivity contribution in [2.75, 3.05) is 5.73 Å². The van der Waals surface area contributed by atoms with Crippen LogP contribution in [0.3, 0.4) is 0 Å². The van der Waals surface area contributed by atoms with Crippen LogP contribution in [0.2, 0.25) is 15.1 Å². The summed E-state index contributed by atoms with van der Waals surface area (Å²) in [6.45, 7) is 0. The van der Waals surface area contributed by atoms with E-state index in [1.165, 1.54) is 0 Å². The first kappa shape index (κ1) is 14.3. The van der Waals surface area contributed by atoms with Crippen LogP contribution in [0, 0.1) is 0 Å². The van der Waals surface area contributed by atoms with E-state index in [0.717, 1.165) is 10.8 Å². The molecule has 0 saturated carbocycles. The number of hydrogen-bond acceptors (Lipinski definition) is 2. The molecule has 3 aromatic carbocycles. The number of benzene rings is 3. The van der Waals surface area contributed by atoms with Gasteiger partial charge in [0.25, 0.3) is 0 Å². The maximum Gasteiger partial charge on any atom is 0.154 e. The second kappa shape index (κ2) is 5.64. The molecule has 0 aliphatic heterocycles. The van der Waals surface area contributed by atoms with Crippen molar-refractivity contribution in [2.45, 2.75) is 0 Å². The summed E-state index contributed by atoms with van der Waals surface area (Å²) in [7, 11) is 0. The normalized spacial score (nSPS) is 10.8. The van der Waals surface area contributed by atoms with Crippen molar-refractivity contribution in [2.24, 2.45) is 0 Å².